The third kappa shape index (κ3) is 1.40. The van der Waals surface area contributed by atoms with Crippen LogP contribution in [0.1, 0.15) is 20.7 Å². The number of benzene rings is 1. The molecule has 1 aliphatic heterocycles. The summed E-state index contributed by atoms with van der Waals surface area (Å²) in [5, 5.41) is 0. The maximum absolute atomic E-state index is 10.8. The Kier molecular flexibility index (Phi) is 2.88. The predicted molar refractivity (Wildman–Crippen MR) is 36.2 cm³/mol. The second-order valence-electron chi connectivity index (χ2n) is 2.22. The molecule has 0 radical (unpaired) electrons. The van der Waals surface area contributed by atoms with Crippen molar-refractivity contribution in [2.45, 2.75) is 0 Å². The van der Waals surface area contributed by atoms with Crippen LogP contribution in [0.4, 0.5) is 0 Å². The second kappa shape index (κ2) is 3.56. The average molecular weight is 188 g/mol. The molecule has 0 aliphatic carbocycles. The van der Waals surface area contributed by atoms with Crippen molar-refractivity contribution in [1.82, 2.24) is 0 Å². The summed E-state index contributed by atoms with van der Waals surface area (Å²) in [6, 6.07) is 6.53. The first-order valence-corrected chi connectivity index (χ1v) is 3.14. The third-order valence-electron chi connectivity index (χ3n) is 1.55. The molecule has 1 aromatic carbocycles. The van der Waals surface area contributed by atoms with E-state index >= 15 is 0 Å². The normalized spacial score (nSPS) is 13.3. The number of hydrogen-bond acceptors (Lipinski definition) is 3. The summed E-state index contributed by atoms with van der Waals surface area (Å²) in [6.45, 7) is 0. The Balaban J connectivity index is 0.000000720. The molecule has 12 heavy (non-hydrogen) atoms. The number of rotatable bonds is 0. The van der Waals surface area contributed by atoms with E-state index in [1.165, 1.54) is 0 Å². The fraction of sp³-hybridized carbons (Fsp3) is 0. The van der Waals surface area contributed by atoms with Gasteiger partial charge in [-0.05, 0) is 12.1 Å². The van der Waals surface area contributed by atoms with Crippen molar-refractivity contribution in [3.05, 3.63) is 35.4 Å². The Morgan fingerprint density at radius 3 is 1.75 bits per heavy atom. The quantitative estimate of drug-likeness (QED) is 0.450. The van der Waals surface area contributed by atoms with Crippen LogP contribution in [0.3, 0.4) is 0 Å². The van der Waals surface area contributed by atoms with Crippen molar-refractivity contribution in [1.29, 1.82) is 0 Å². The van der Waals surface area contributed by atoms with E-state index in [4.69, 9.17) is 0 Å². The summed E-state index contributed by atoms with van der Waals surface area (Å²) in [5.74, 6) is -1.10. The van der Waals surface area contributed by atoms with E-state index in [0.717, 1.165) is 0 Å². The summed E-state index contributed by atoms with van der Waals surface area (Å²) in [7, 11) is 0. The number of cyclic esters (lactones) is 2. The van der Waals surface area contributed by atoms with Gasteiger partial charge < -0.3 is 4.74 Å². The van der Waals surface area contributed by atoms with E-state index in [9.17, 15) is 9.59 Å². The Morgan fingerprint density at radius 1 is 0.917 bits per heavy atom. The van der Waals surface area contributed by atoms with E-state index < -0.39 is 11.9 Å². The standard InChI is InChI=1S/C8H4O3.Ar/c9-7-5-3-1-2-4-6(5)8(10)11-7;/h1-4H;. The monoisotopic (exact) mass is 188 g/mol. The molecular weight excluding hydrogens is 184 g/mol. The molecule has 2 rings (SSSR count). The smallest absolute Gasteiger partial charge is 0.346 e. The number of hydrogen-bond donors (Lipinski definition) is 0. The van der Waals surface area contributed by atoms with Crippen molar-refractivity contribution in [2.75, 3.05) is 0 Å². The maximum Gasteiger partial charge on any atom is 0.346 e. The van der Waals surface area contributed by atoms with Crippen molar-refractivity contribution in [2.24, 2.45) is 0 Å². The maximum atomic E-state index is 10.8. The van der Waals surface area contributed by atoms with Crippen LogP contribution in [0.15, 0.2) is 24.3 Å². The molecule has 0 saturated heterocycles. The summed E-state index contributed by atoms with van der Waals surface area (Å²) in [6.07, 6.45) is 0. The Morgan fingerprint density at radius 2 is 1.33 bits per heavy atom. The molecule has 0 bridgehead atoms. The van der Waals surface area contributed by atoms with Gasteiger partial charge in [0.05, 0.1) is 11.1 Å². The minimum atomic E-state index is -0.550. The van der Waals surface area contributed by atoms with Gasteiger partial charge in [-0.3, -0.25) is 0 Å². The summed E-state index contributed by atoms with van der Waals surface area (Å²) in [4.78, 5) is 21.7. The van der Waals surface area contributed by atoms with Crippen LogP contribution in [-0.4, -0.2) is 11.9 Å². The van der Waals surface area contributed by atoms with Gasteiger partial charge in [0.1, 0.15) is 0 Å². The number of esters is 2. The summed E-state index contributed by atoms with van der Waals surface area (Å²) in [5.41, 5.74) is 0.718. The topological polar surface area (TPSA) is 43.4 Å². The zero-order valence-corrected chi connectivity index (χ0v) is 6.59. The zero-order valence-electron chi connectivity index (χ0n) is 5.89. The molecule has 0 atom stereocenters. The molecule has 0 N–H and O–H groups in total. The fourth-order valence-corrected chi connectivity index (χ4v) is 1.03. The molecule has 4 heteroatoms. The summed E-state index contributed by atoms with van der Waals surface area (Å²) < 4.78 is 4.35. The van der Waals surface area contributed by atoms with Crippen LogP contribution in [0.5, 0.6) is 0 Å². The minimum Gasteiger partial charge on any atom is -0.386 e. The van der Waals surface area contributed by atoms with Gasteiger partial charge in [0.25, 0.3) is 0 Å². The molecule has 62 valence electrons. The Hall–Kier alpha value is -0.380. The van der Waals surface area contributed by atoms with Gasteiger partial charge in [0, 0.05) is 37.7 Å². The van der Waals surface area contributed by atoms with Crippen LogP contribution in [-0.2, 0) is 4.74 Å². The Bertz CT molecular complexity index is 313. The van der Waals surface area contributed by atoms with E-state index in [1.54, 1.807) is 24.3 Å². The first-order chi connectivity index (χ1) is 5.29. The summed E-state index contributed by atoms with van der Waals surface area (Å²) >= 11 is 0. The number of ether oxygens (including phenoxy) is 1. The van der Waals surface area contributed by atoms with Gasteiger partial charge in [-0.15, -0.1) is 0 Å². The fourth-order valence-electron chi connectivity index (χ4n) is 1.03. The van der Waals surface area contributed by atoms with Crippen molar-refractivity contribution < 1.29 is 52.1 Å². The van der Waals surface area contributed by atoms with Gasteiger partial charge in [0.15, 0.2) is 0 Å². The molecule has 1 heterocycles. The van der Waals surface area contributed by atoms with Crippen molar-refractivity contribution >= 4 is 11.9 Å². The molecule has 0 saturated carbocycles. The van der Waals surface area contributed by atoms with E-state index in [2.05, 4.69) is 4.74 Å². The zero-order chi connectivity index (χ0) is 7.84. The predicted octanol–water partition coefficient (Wildman–Crippen LogP) is 0.997. The molecule has 1 aromatic rings. The van der Waals surface area contributed by atoms with E-state index in [0.29, 0.717) is 11.1 Å². The first kappa shape index (κ1) is 9.71. The van der Waals surface area contributed by atoms with Gasteiger partial charge in [-0.1, -0.05) is 12.1 Å². The molecule has 0 spiro atoms. The molecular formula is C8H4ArO3. The first-order valence-electron chi connectivity index (χ1n) is 3.14. The molecule has 0 unspecified atom stereocenters. The largest absolute Gasteiger partial charge is 0.386 e. The SMILES string of the molecule is O=C1OC(=O)c2ccccc21.[Ar]. The Labute approximate surface area is 98.7 Å². The van der Waals surface area contributed by atoms with Crippen molar-refractivity contribution in [3.63, 3.8) is 0 Å². The molecule has 1 aliphatic rings. The molecule has 0 fully saturated rings. The van der Waals surface area contributed by atoms with Crippen LogP contribution < -0.4 is 0 Å². The van der Waals surface area contributed by atoms with Gasteiger partial charge >= 0.3 is 11.9 Å². The second-order valence-corrected chi connectivity index (χ2v) is 2.22. The van der Waals surface area contributed by atoms with Crippen LogP contribution in [0.2, 0.25) is 0 Å². The van der Waals surface area contributed by atoms with Gasteiger partial charge in [-0.2, -0.15) is 0 Å². The molecule has 3 nitrogen and oxygen atoms in total. The minimum absolute atomic E-state index is 0. The van der Waals surface area contributed by atoms with Crippen LogP contribution >= 0.6 is 0 Å². The number of carbonyl (C=O) groups excluding carboxylic acids is 2. The van der Waals surface area contributed by atoms with Crippen LogP contribution in [0.25, 0.3) is 0 Å². The number of carbonyl (C=O) groups is 2. The van der Waals surface area contributed by atoms with E-state index in [1.807, 2.05) is 0 Å². The van der Waals surface area contributed by atoms with Crippen LogP contribution in [0, 0.1) is 37.7 Å². The molecule has 0 aromatic heterocycles. The molecule has 0 amide bonds. The van der Waals surface area contributed by atoms with Gasteiger partial charge in [0.2, 0.25) is 0 Å². The number of fused-ring (bicyclic) bond motifs is 1. The van der Waals surface area contributed by atoms with Crippen molar-refractivity contribution in [3.8, 4) is 0 Å². The third-order valence-corrected chi connectivity index (χ3v) is 1.55. The average Bonchev–Trinajstić information content (AvgIpc) is 2.30. The van der Waals surface area contributed by atoms with E-state index in [-0.39, 0.29) is 37.7 Å². The van der Waals surface area contributed by atoms with Gasteiger partial charge in [-0.25, -0.2) is 9.59 Å².